The molecule has 1 aliphatic carbocycles. The molecule has 1 heterocycles. The summed E-state index contributed by atoms with van der Waals surface area (Å²) in [5.74, 6) is 0. The lowest BCUT2D eigenvalue weighted by atomic mass is 10.0. The fourth-order valence-electron chi connectivity index (χ4n) is 1.59. The summed E-state index contributed by atoms with van der Waals surface area (Å²) in [4.78, 5) is 8.73. The van der Waals surface area contributed by atoms with Gasteiger partial charge in [0.25, 0.3) is 0 Å². The summed E-state index contributed by atoms with van der Waals surface area (Å²) in [5, 5.41) is 0. The highest BCUT2D eigenvalue weighted by Gasteiger charge is 2.14. The zero-order valence-corrected chi connectivity index (χ0v) is 7.64. The van der Waals surface area contributed by atoms with Gasteiger partial charge in [-0.3, -0.25) is 9.98 Å². The van der Waals surface area contributed by atoms with Gasteiger partial charge in [-0.1, -0.05) is 25.2 Å². The molecule has 0 spiro atoms. The summed E-state index contributed by atoms with van der Waals surface area (Å²) in [7, 11) is 0. The minimum Gasteiger partial charge on any atom is -0.280 e. The molecule has 0 fully saturated rings. The first-order chi connectivity index (χ1) is 6.42. The molecule has 0 saturated carbocycles. The van der Waals surface area contributed by atoms with Crippen molar-refractivity contribution in [3.05, 3.63) is 35.6 Å². The summed E-state index contributed by atoms with van der Waals surface area (Å²) >= 11 is 0. The smallest absolute Gasteiger partial charge is 0.0917 e. The molecule has 0 amide bonds. The topological polar surface area (TPSA) is 24.7 Å². The number of fused-ring (bicyclic) bond motifs is 1. The van der Waals surface area contributed by atoms with Gasteiger partial charge in [0, 0.05) is 12.4 Å². The second kappa shape index (κ2) is 3.52. The van der Waals surface area contributed by atoms with E-state index in [1.807, 2.05) is 18.2 Å². The molecule has 0 N–H and O–H groups in total. The van der Waals surface area contributed by atoms with Crippen LogP contribution in [0.3, 0.4) is 0 Å². The van der Waals surface area contributed by atoms with Gasteiger partial charge < -0.3 is 0 Å². The molecule has 13 heavy (non-hydrogen) atoms. The van der Waals surface area contributed by atoms with Gasteiger partial charge in [-0.15, -0.1) is 0 Å². The summed E-state index contributed by atoms with van der Waals surface area (Å²) in [5.41, 5.74) is 2.37. The van der Waals surface area contributed by atoms with E-state index >= 15 is 0 Å². The van der Waals surface area contributed by atoms with Crippen LogP contribution in [-0.2, 0) is 0 Å². The van der Waals surface area contributed by atoms with Crippen molar-refractivity contribution >= 4 is 12.4 Å². The maximum Gasteiger partial charge on any atom is 0.0917 e. The maximum absolute atomic E-state index is 4.40. The molecule has 66 valence electrons. The van der Waals surface area contributed by atoms with Gasteiger partial charge in [0.05, 0.1) is 11.7 Å². The van der Waals surface area contributed by atoms with E-state index in [1.54, 1.807) is 12.4 Å². The third-order valence-corrected chi connectivity index (χ3v) is 2.25. The molecular weight excluding hydrogens is 160 g/mol. The van der Waals surface area contributed by atoms with E-state index in [4.69, 9.17) is 0 Å². The standard InChI is InChI=1S/C11H12N2/c1-2-9-10-5-3-4-6-11(9)13-8-7-12-10/h3-8,10H,2H2,1H3. The van der Waals surface area contributed by atoms with Crippen LogP contribution in [0.2, 0.25) is 0 Å². The predicted molar refractivity (Wildman–Crippen MR) is 56.4 cm³/mol. The van der Waals surface area contributed by atoms with Crippen molar-refractivity contribution in [2.75, 3.05) is 0 Å². The van der Waals surface area contributed by atoms with E-state index in [9.17, 15) is 0 Å². The Bertz CT molecular complexity index is 317. The molecule has 1 unspecified atom stereocenters. The molecule has 0 saturated heterocycles. The molecule has 1 aliphatic heterocycles. The fraction of sp³-hybridized carbons (Fsp3) is 0.273. The number of aliphatic imine (C=N–C) groups is 2. The van der Waals surface area contributed by atoms with E-state index in [0.29, 0.717) is 0 Å². The zero-order chi connectivity index (χ0) is 9.10. The van der Waals surface area contributed by atoms with E-state index < -0.39 is 0 Å². The van der Waals surface area contributed by atoms with E-state index in [1.165, 1.54) is 5.57 Å². The summed E-state index contributed by atoms with van der Waals surface area (Å²) < 4.78 is 0. The SMILES string of the molecule is CCC1=C2C=CC=CC1N=CC=N2. The molecule has 2 rings (SSSR count). The number of hydrogen-bond donors (Lipinski definition) is 0. The number of allylic oxidation sites excluding steroid dienone is 3. The molecule has 2 aliphatic rings. The Kier molecular flexibility index (Phi) is 2.21. The third-order valence-electron chi connectivity index (χ3n) is 2.25. The van der Waals surface area contributed by atoms with Crippen molar-refractivity contribution in [1.82, 2.24) is 0 Å². The summed E-state index contributed by atoms with van der Waals surface area (Å²) in [6.45, 7) is 2.14. The van der Waals surface area contributed by atoms with Crippen LogP contribution in [0.5, 0.6) is 0 Å². The van der Waals surface area contributed by atoms with Crippen LogP contribution in [0.25, 0.3) is 0 Å². The van der Waals surface area contributed by atoms with Crippen LogP contribution in [0.1, 0.15) is 13.3 Å². The Morgan fingerprint density at radius 2 is 2.23 bits per heavy atom. The first-order valence-corrected chi connectivity index (χ1v) is 4.55. The second-order valence-corrected chi connectivity index (χ2v) is 3.03. The van der Waals surface area contributed by atoms with Gasteiger partial charge in [-0.2, -0.15) is 0 Å². The largest absolute Gasteiger partial charge is 0.280 e. The molecule has 2 bridgehead atoms. The molecule has 1 atom stereocenters. The Morgan fingerprint density at radius 3 is 3.08 bits per heavy atom. The van der Waals surface area contributed by atoms with Gasteiger partial charge in [0.1, 0.15) is 0 Å². The minimum absolute atomic E-state index is 0.192. The van der Waals surface area contributed by atoms with Crippen LogP contribution in [0.4, 0.5) is 0 Å². The third kappa shape index (κ3) is 1.52. The highest BCUT2D eigenvalue weighted by atomic mass is 14.8. The summed E-state index contributed by atoms with van der Waals surface area (Å²) in [6.07, 6.45) is 12.7. The quantitative estimate of drug-likeness (QED) is 0.580. The first kappa shape index (κ1) is 8.17. The number of hydrogen-bond acceptors (Lipinski definition) is 2. The molecule has 0 radical (unpaired) electrons. The van der Waals surface area contributed by atoms with E-state index in [2.05, 4.69) is 23.0 Å². The van der Waals surface area contributed by atoms with E-state index in [0.717, 1.165) is 12.1 Å². The monoisotopic (exact) mass is 172 g/mol. The maximum atomic E-state index is 4.40. The fourth-order valence-corrected chi connectivity index (χ4v) is 1.59. The Hall–Kier alpha value is -1.44. The first-order valence-electron chi connectivity index (χ1n) is 4.55. The number of nitrogens with zero attached hydrogens (tertiary/aromatic N) is 2. The normalized spacial score (nSPS) is 24.8. The molecule has 2 heteroatoms. The van der Waals surface area contributed by atoms with Gasteiger partial charge in [0.15, 0.2) is 0 Å². The van der Waals surface area contributed by atoms with Crippen LogP contribution < -0.4 is 0 Å². The highest BCUT2D eigenvalue weighted by molar-refractivity contribution is 6.16. The van der Waals surface area contributed by atoms with Crippen molar-refractivity contribution in [3.63, 3.8) is 0 Å². The van der Waals surface area contributed by atoms with Gasteiger partial charge in [0.2, 0.25) is 0 Å². The molecule has 2 nitrogen and oxygen atoms in total. The Balaban J connectivity index is 2.50. The predicted octanol–water partition coefficient (Wildman–Crippen LogP) is 2.30. The van der Waals surface area contributed by atoms with Crippen molar-refractivity contribution in [1.29, 1.82) is 0 Å². The van der Waals surface area contributed by atoms with Gasteiger partial charge in [-0.05, 0) is 18.1 Å². The molecule has 0 aromatic carbocycles. The van der Waals surface area contributed by atoms with Crippen LogP contribution in [-0.4, -0.2) is 18.5 Å². The zero-order valence-electron chi connectivity index (χ0n) is 7.64. The van der Waals surface area contributed by atoms with Gasteiger partial charge in [-0.25, -0.2) is 0 Å². The van der Waals surface area contributed by atoms with Crippen molar-refractivity contribution < 1.29 is 0 Å². The highest BCUT2D eigenvalue weighted by Crippen LogP contribution is 2.22. The minimum atomic E-state index is 0.192. The van der Waals surface area contributed by atoms with E-state index in [-0.39, 0.29) is 6.04 Å². The Labute approximate surface area is 78.1 Å². The van der Waals surface area contributed by atoms with Crippen LogP contribution in [0, 0.1) is 0 Å². The van der Waals surface area contributed by atoms with Crippen LogP contribution in [0.15, 0.2) is 45.6 Å². The second-order valence-electron chi connectivity index (χ2n) is 3.03. The van der Waals surface area contributed by atoms with Gasteiger partial charge >= 0.3 is 0 Å². The average molecular weight is 172 g/mol. The lowest BCUT2D eigenvalue weighted by Gasteiger charge is -2.09. The summed E-state index contributed by atoms with van der Waals surface area (Å²) in [6, 6.07) is 0.192. The van der Waals surface area contributed by atoms with Crippen molar-refractivity contribution in [2.45, 2.75) is 19.4 Å². The lowest BCUT2D eigenvalue weighted by molar-refractivity contribution is 0.877. The van der Waals surface area contributed by atoms with Crippen LogP contribution >= 0.6 is 0 Å². The molecule has 0 aromatic rings. The Morgan fingerprint density at radius 1 is 1.31 bits per heavy atom. The van der Waals surface area contributed by atoms with Crippen molar-refractivity contribution in [3.8, 4) is 0 Å². The molecule has 0 aromatic heterocycles. The van der Waals surface area contributed by atoms with Crippen molar-refractivity contribution in [2.24, 2.45) is 9.98 Å². The molecular formula is C11H12N2. The number of rotatable bonds is 1. The average Bonchev–Trinajstić information content (AvgIpc) is 2.47. The lowest BCUT2D eigenvalue weighted by Crippen LogP contribution is -2.04.